The Morgan fingerprint density at radius 3 is 2.14 bits per heavy atom. The monoisotopic (exact) mass is 952 g/mol. The van der Waals surface area contributed by atoms with E-state index in [-0.39, 0.29) is 44.2 Å². The summed E-state index contributed by atoms with van der Waals surface area (Å²) in [6, 6.07) is 33.7. The molecule has 8 rings (SSSR count). The second kappa shape index (κ2) is 16.7. The first kappa shape index (κ1) is 33.9. The van der Waals surface area contributed by atoms with Gasteiger partial charge >= 0.3 is 0 Å². The summed E-state index contributed by atoms with van der Waals surface area (Å²) in [5, 5.41) is 2.07. The molecule has 0 spiro atoms. The quantitative estimate of drug-likeness (QED) is 0.0959. The molecule has 0 fully saturated rings. The molecular weight excluding hydrogens is 894 g/mol. The van der Waals surface area contributed by atoms with Gasteiger partial charge in [0.05, 0.1) is 16.7 Å². The predicted molar refractivity (Wildman–Crippen MR) is 232 cm³/mol. The number of aromatic nitrogens is 5. The van der Waals surface area contributed by atoms with Crippen molar-refractivity contribution in [3.8, 4) is 28.7 Å². The van der Waals surface area contributed by atoms with Crippen LogP contribution in [0.1, 0.15) is 92.8 Å². The average molecular weight is 953 g/mol. The summed E-state index contributed by atoms with van der Waals surface area (Å²) < 4.78 is 66.3. The summed E-state index contributed by atoms with van der Waals surface area (Å²) >= 11 is 0. The van der Waals surface area contributed by atoms with Crippen molar-refractivity contribution in [2.75, 3.05) is 0 Å². The molecule has 0 unspecified atom stereocenters. The molecule has 0 atom stereocenters. The first-order valence-electron chi connectivity index (χ1n) is 22.7. The van der Waals surface area contributed by atoms with Crippen molar-refractivity contribution in [1.29, 1.82) is 0 Å². The van der Waals surface area contributed by atoms with Crippen LogP contribution in [0.2, 0.25) is 0 Å². The number of benzene rings is 4. The van der Waals surface area contributed by atoms with Gasteiger partial charge in [-0.15, -0.1) is 23.6 Å². The van der Waals surface area contributed by atoms with Gasteiger partial charge < -0.3 is 18.9 Å². The Bertz CT molecular complexity index is 2980. The predicted octanol–water partition coefficient (Wildman–Crippen LogP) is 11.9. The van der Waals surface area contributed by atoms with Crippen LogP contribution in [-0.2, 0) is 45.6 Å². The zero-order valence-corrected chi connectivity index (χ0v) is 36.8. The van der Waals surface area contributed by atoms with Crippen LogP contribution in [0.5, 0.6) is 11.5 Å². The Kier molecular flexibility index (Phi) is 9.73. The van der Waals surface area contributed by atoms with Gasteiger partial charge in [-0.05, 0) is 102 Å². The van der Waals surface area contributed by atoms with Crippen LogP contribution in [0.25, 0.3) is 50.0 Å². The maximum absolute atomic E-state index is 9.05. The Labute approximate surface area is 366 Å². The Balaban J connectivity index is 0.00000612. The van der Waals surface area contributed by atoms with Gasteiger partial charge in [0.15, 0.2) is 0 Å². The maximum Gasteiger partial charge on any atom is 0.268 e. The number of para-hydroxylation sites is 1. The summed E-state index contributed by atoms with van der Waals surface area (Å²) in [6.07, 6.45) is 3.31. The van der Waals surface area contributed by atoms with E-state index in [0.29, 0.717) is 50.6 Å². The zero-order valence-electron chi connectivity index (χ0n) is 40.5. The molecule has 4 aromatic heterocycles. The molecule has 0 N–H and O–H groups in total. The first-order valence-corrected chi connectivity index (χ1v) is 19.7. The topological polar surface area (TPSA) is 48.8 Å². The number of rotatable bonds is 11. The number of imidazole rings is 1. The Morgan fingerprint density at radius 1 is 0.724 bits per heavy atom. The molecule has 0 aliphatic heterocycles. The third-order valence-corrected chi connectivity index (χ3v) is 9.70. The van der Waals surface area contributed by atoms with Crippen molar-refractivity contribution in [2.45, 2.75) is 86.8 Å². The molecule has 0 radical (unpaired) electrons. The minimum Gasteiger partial charge on any atom is -0.508 e. The molecule has 0 bridgehead atoms. The van der Waals surface area contributed by atoms with Gasteiger partial charge in [0.2, 0.25) is 0 Å². The molecule has 58 heavy (non-hydrogen) atoms. The molecule has 4 heterocycles. The van der Waals surface area contributed by atoms with Gasteiger partial charge in [-0.1, -0.05) is 127 Å². The number of pyridine rings is 2. The number of hydrogen-bond acceptors (Lipinski definition) is 3. The number of fused-ring (bicyclic) bond motifs is 4. The van der Waals surface area contributed by atoms with Crippen molar-refractivity contribution in [2.24, 2.45) is 17.8 Å². The fourth-order valence-electron chi connectivity index (χ4n) is 7.31. The Morgan fingerprint density at radius 2 is 1.43 bits per heavy atom. The average Bonchev–Trinajstić information content (AvgIpc) is 3.79. The molecule has 300 valence electrons. The molecule has 0 amide bonds. The molecule has 6 nitrogen and oxygen atoms in total. The van der Waals surface area contributed by atoms with Crippen LogP contribution >= 0.6 is 0 Å². The maximum atomic E-state index is 9.05. The molecule has 0 saturated heterocycles. The number of ether oxygens (including phenoxy) is 1. The standard InChI is InChI=1S/C51H53N5O.Pt/c1-33(2)20-36-14-17-47-49(26-36)55(32-54(47)40-24-37(21-34(3)4)23-38(25-40)22-35(5)6)41-28-43(31-52-30-41)57-42-15-16-45-44-12-10-11-13-46(44)56(48(45)29-42)50-27-39(18-19-53-50)51(7,8)9;/h10-19,23-27,30-31,33-35H,20-22H2,1-9H3;/q-2;/i20D2,21D2,22D2;. The van der Waals surface area contributed by atoms with E-state index in [1.165, 1.54) is 0 Å². The summed E-state index contributed by atoms with van der Waals surface area (Å²) in [6.45, 7) is 17.5. The van der Waals surface area contributed by atoms with Crippen molar-refractivity contribution in [1.82, 2.24) is 19.1 Å². The van der Waals surface area contributed by atoms with Crippen molar-refractivity contribution in [3.63, 3.8) is 0 Å². The molecule has 0 saturated carbocycles. The fourth-order valence-corrected chi connectivity index (χ4v) is 7.31. The van der Waals surface area contributed by atoms with Crippen molar-refractivity contribution >= 4 is 32.8 Å². The van der Waals surface area contributed by atoms with Gasteiger partial charge in [-0.3, -0.25) is 4.57 Å². The van der Waals surface area contributed by atoms with Gasteiger partial charge in [0, 0.05) is 52.5 Å². The zero-order chi connectivity index (χ0) is 45.4. The minimum absolute atomic E-state index is 0. The smallest absolute Gasteiger partial charge is 0.268 e. The van der Waals surface area contributed by atoms with E-state index >= 15 is 0 Å². The summed E-state index contributed by atoms with van der Waals surface area (Å²) in [5.41, 5.74) is 6.30. The molecular formula is C51H53N5OPt-2. The van der Waals surface area contributed by atoms with E-state index in [0.717, 1.165) is 33.2 Å². The first-order chi connectivity index (χ1) is 29.6. The normalized spacial score (nSPS) is 14.3. The summed E-state index contributed by atoms with van der Waals surface area (Å²) in [4.78, 5) is 9.36. The largest absolute Gasteiger partial charge is 0.508 e. The van der Waals surface area contributed by atoms with Crippen LogP contribution in [-0.4, -0.2) is 19.1 Å². The number of nitrogens with zero attached hydrogens (tertiary/aromatic N) is 5. The van der Waals surface area contributed by atoms with Gasteiger partial charge in [0.25, 0.3) is 6.33 Å². The second-order valence-electron chi connectivity index (χ2n) is 16.6. The molecule has 4 aromatic carbocycles. The van der Waals surface area contributed by atoms with Crippen molar-refractivity contribution in [3.05, 3.63) is 144 Å². The molecule has 8 aromatic rings. The minimum atomic E-state index is -1.76. The van der Waals surface area contributed by atoms with Crippen LogP contribution < -0.4 is 9.30 Å². The van der Waals surface area contributed by atoms with E-state index < -0.39 is 19.1 Å². The van der Waals surface area contributed by atoms with E-state index in [9.17, 15) is 0 Å². The van der Waals surface area contributed by atoms with E-state index in [1.807, 2.05) is 84.1 Å². The summed E-state index contributed by atoms with van der Waals surface area (Å²) in [5.74, 6) is 0.445. The van der Waals surface area contributed by atoms with Gasteiger partial charge in [-0.2, -0.15) is 6.07 Å². The second-order valence-corrected chi connectivity index (χ2v) is 16.6. The third-order valence-electron chi connectivity index (χ3n) is 9.70. The molecule has 7 heteroatoms. The molecule has 0 aliphatic carbocycles. The molecule has 0 aliphatic rings. The SMILES string of the molecule is [2H]C([2H])(c1cc(-[n+]2[c-]n(-c3[c-]c(Oc4[c-]c5c(cc4)c4ccccc4n5-c4cc(C(C)(C)C)ccn4)cnc3)c3cc(C([2H])([2H])C(C)C)ccc32)cc(C([2H])([2H])C(C)C)c1)C(C)C.[Pt]. The van der Waals surface area contributed by atoms with Gasteiger partial charge in [-0.25, -0.2) is 4.98 Å². The van der Waals surface area contributed by atoms with E-state index in [4.69, 9.17) is 17.9 Å². The van der Waals surface area contributed by atoms with Crippen LogP contribution in [0, 0.1) is 36.2 Å². The van der Waals surface area contributed by atoms with Crippen molar-refractivity contribution < 1.29 is 38.6 Å². The van der Waals surface area contributed by atoms with Gasteiger partial charge in [0.1, 0.15) is 5.82 Å². The fraction of sp³-hybridized carbons (Fsp3) is 0.314. The van der Waals surface area contributed by atoms with E-state index in [2.05, 4.69) is 67.0 Å². The van der Waals surface area contributed by atoms with Crippen LogP contribution in [0.3, 0.4) is 0 Å². The van der Waals surface area contributed by atoms with Crippen LogP contribution in [0.15, 0.2) is 104 Å². The number of hydrogen-bond donors (Lipinski definition) is 0. The summed E-state index contributed by atoms with van der Waals surface area (Å²) in [7, 11) is 0. The third kappa shape index (κ3) is 8.54. The van der Waals surface area contributed by atoms with E-state index in [1.54, 1.807) is 51.9 Å². The van der Waals surface area contributed by atoms with Crippen LogP contribution in [0.4, 0.5) is 0 Å². The Hall–Kier alpha value is -5.06.